The molecular weight excluding hydrogens is 371 g/mol. The molecule has 0 aromatic heterocycles. The van der Waals surface area contributed by atoms with E-state index in [-0.39, 0.29) is 0 Å². The van der Waals surface area contributed by atoms with E-state index < -0.39 is 11.8 Å². The molecule has 0 spiro atoms. The zero-order chi connectivity index (χ0) is 17.1. The summed E-state index contributed by atoms with van der Waals surface area (Å²) in [4.78, 5) is 0. The van der Waals surface area contributed by atoms with Crippen molar-refractivity contribution in [3.8, 4) is 5.75 Å². The van der Waals surface area contributed by atoms with E-state index in [9.17, 15) is 0 Å². The molecule has 2 rings (SSSR count). The Morgan fingerprint density at radius 1 is 1.26 bits per heavy atom. The van der Waals surface area contributed by atoms with E-state index in [1.54, 1.807) is 0 Å². The van der Waals surface area contributed by atoms with Crippen LogP contribution in [0.4, 0.5) is 0 Å². The smallest absolute Gasteiger partial charge is 0.341 e. The molecule has 130 valence electrons. The number of benzene rings is 1. The lowest BCUT2D eigenvalue weighted by atomic mass is 10.0. The van der Waals surface area contributed by atoms with Gasteiger partial charge in [0, 0.05) is 18.9 Å². The van der Waals surface area contributed by atoms with E-state index >= 15 is 0 Å². The molecule has 1 unspecified atom stereocenters. The summed E-state index contributed by atoms with van der Waals surface area (Å²) in [5, 5.41) is 0. The van der Waals surface area contributed by atoms with Gasteiger partial charge in [0.2, 0.25) is 5.79 Å². The molecule has 6 heteroatoms. The molecule has 23 heavy (non-hydrogen) atoms. The highest BCUT2D eigenvalue weighted by atomic mass is 35.8. The van der Waals surface area contributed by atoms with Gasteiger partial charge in [0.1, 0.15) is 5.75 Å². The van der Waals surface area contributed by atoms with Gasteiger partial charge in [0.05, 0.1) is 6.61 Å². The van der Waals surface area contributed by atoms with Gasteiger partial charge >= 0.3 is 6.00 Å². The lowest BCUT2D eigenvalue weighted by Crippen LogP contribution is -2.39. The maximum Gasteiger partial charge on any atom is 0.341 e. The Hall–Kier alpha value is 0.0669. The minimum absolute atomic E-state index is 0.514. The summed E-state index contributed by atoms with van der Waals surface area (Å²) in [6.45, 7) is 7.05. The van der Waals surface area contributed by atoms with Gasteiger partial charge in [-0.25, -0.2) is 0 Å². The predicted molar refractivity (Wildman–Crippen MR) is 101 cm³/mol. The van der Waals surface area contributed by atoms with Crippen molar-refractivity contribution < 1.29 is 9.47 Å². The number of ether oxygens (including phenoxy) is 2. The summed E-state index contributed by atoms with van der Waals surface area (Å²) in [5.41, 5.74) is 2.35. The van der Waals surface area contributed by atoms with E-state index in [0.29, 0.717) is 18.6 Å². The first-order valence-electron chi connectivity index (χ1n) is 8.18. The van der Waals surface area contributed by atoms with E-state index in [1.807, 2.05) is 13.0 Å². The second-order valence-electron chi connectivity index (χ2n) is 6.87. The second-order valence-corrected chi connectivity index (χ2v) is 16.1. The quantitative estimate of drug-likeness (QED) is 0.396. The summed E-state index contributed by atoms with van der Waals surface area (Å²) in [7, 11) is 0. The molecule has 1 heterocycles. The van der Waals surface area contributed by atoms with Gasteiger partial charge in [-0.15, -0.1) is 33.2 Å². The van der Waals surface area contributed by atoms with Gasteiger partial charge in [-0.3, -0.25) is 0 Å². The summed E-state index contributed by atoms with van der Waals surface area (Å²) >= 11 is 17.8. The van der Waals surface area contributed by atoms with Crippen LogP contribution < -0.4 is 4.74 Å². The molecular formula is C17H25Cl3O2Si. The normalized spacial score (nSPS) is 21.2. The molecule has 1 aliphatic rings. The third kappa shape index (κ3) is 6.47. The Bertz CT molecular complexity index is 531. The Morgan fingerprint density at radius 3 is 2.65 bits per heavy atom. The van der Waals surface area contributed by atoms with Gasteiger partial charge in [-0.05, 0) is 48.9 Å². The molecule has 0 N–H and O–H groups in total. The van der Waals surface area contributed by atoms with E-state index in [2.05, 4.69) is 26.0 Å². The molecule has 1 aromatic carbocycles. The Labute approximate surface area is 154 Å². The second kappa shape index (κ2) is 7.96. The average Bonchev–Trinajstić information content (AvgIpc) is 2.44. The molecule has 0 saturated carbocycles. The predicted octanol–water partition coefficient (Wildman–Crippen LogP) is 6.34. The fourth-order valence-corrected chi connectivity index (χ4v) is 4.44. The number of fused-ring (bicyclic) bond motifs is 1. The first-order chi connectivity index (χ1) is 10.7. The summed E-state index contributed by atoms with van der Waals surface area (Å²) in [6.07, 6.45) is 3.80. The zero-order valence-electron chi connectivity index (χ0n) is 14.0. The Kier molecular flexibility index (Phi) is 6.72. The van der Waals surface area contributed by atoms with Crippen LogP contribution in [0.15, 0.2) is 18.2 Å². The molecule has 1 aromatic rings. The summed E-state index contributed by atoms with van der Waals surface area (Å²) in [6, 6.07) is 4.48. The minimum atomic E-state index is -2.51. The highest BCUT2D eigenvalue weighted by molar-refractivity contribution is 7.64. The van der Waals surface area contributed by atoms with Crippen LogP contribution in [0.1, 0.15) is 51.2 Å². The lowest BCUT2D eigenvalue weighted by molar-refractivity contribution is -0.199. The first kappa shape index (κ1) is 19.4. The van der Waals surface area contributed by atoms with E-state index in [4.69, 9.17) is 42.7 Å². The van der Waals surface area contributed by atoms with Gasteiger partial charge < -0.3 is 9.47 Å². The number of hydrogen-bond acceptors (Lipinski definition) is 2. The fraction of sp³-hybridized carbons (Fsp3) is 0.647. The van der Waals surface area contributed by atoms with Crippen molar-refractivity contribution >= 4 is 39.2 Å². The highest BCUT2D eigenvalue weighted by Crippen LogP contribution is 2.35. The van der Waals surface area contributed by atoms with Crippen LogP contribution in [0.3, 0.4) is 0 Å². The van der Waals surface area contributed by atoms with Crippen LogP contribution in [-0.4, -0.2) is 11.8 Å². The Balaban J connectivity index is 1.95. The van der Waals surface area contributed by atoms with Crippen molar-refractivity contribution in [1.82, 2.24) is 0 Å². The molecule has 0 bridgehead atoms. The van der Waals surface area contributed by atoms with Gasteiger partial charge in [0.15, 0.2) is 0 Å². The van der Waals surface area contributed by atoms with Crippen LogP contribution in [0, 0.1) is 5.92 Å². The molecule has 0 amide bonds. The van der Waals surface area contributed by atoms with Gasteiger partial charge in [-0.2, -0.15) is 0 Å². The standard InChI is InChI=1S/C17H25Cl3O2Si/c1-13(2)8-9-17(3)21-12-15-11-14(6-7-16(15)22-17)5-4-10-23(18,19)20/h6-7,11,13H,4-5,8-10,12H2,1-3H3. The van der Waals surface area contributed by atoms with Crippen molar-refractivity contribution in [2.24, 2.45) is 5.92 Å². The van der Waals surface area contributed by atoms with Crippen molar-refractivity contribution in [3.05, 3.63) is 29.3 Å². The molecule has 0 radical (unpaired) electrons. The Morgan fingerprint density at radius 2 is 2.00 bits per heavy atom. The number of aryl methyl sites for hydroxylation is 1. The van der Waals surface area contributed by atoms with E-state index in [0.717, 1.165) is 37.0 Å². The third-order valence-electron chi connectivity index (χ3n) is 4.09. The van der Waals surface area contributed by atoms with Crippen LogP contribution in [0.2, 0.25) is 6.04 Å². The minimum Gasteiger partial charge on any atom is -0.462 e. The van der Waals surface area contributed by atoms with E-state index in [1.165, 1.54) is 5.56 Å². The largest absolute Gasteiger partial charge is 0.462 e. The molecule has 0 aliphatic carbocycles. The highest BCUT2D eigenvalue weighted by Gasteiger charge is 2.32. The average molecular weight is 396 g/mol. The van der Waals surface area contributed by atoms with Crippen LogP contribution in [0.25, 0.3) is 0 Å². The van der Waals surface area contributed by atoms with Crippen molar-refractivity contribution in [2.75, 3.05) is 0 Å². The van der Waals surface area contributed by atoms with Gasteiger partial charge in [0.25, 0.3) is 0 Å². The van der Waals surface area contributed by atoms with Crippen molar-refractivity contribution in [2.45, 2.75) is 64.9 Å². The molecule has 1 atom stereocenters. The molecule has 0 saturated heterocycles. The van der Waals surface area contributed by atoms with Crippen LogP contribution >= 0.6 is 33.2 Å². The number of hydrogen-bond donors (Lipinski definition) is 0. The SMILES string of the molecule is CC(C)CCC1(C)OCc2cc(CCC[Si](Cl)(Cl)Cl)ccc2O1. The monoisotopic (exact) mass is 394 g/mol. The summed E-state index contributed by atoms with van der Waals surface area (Å²) in [5.74, 6) is 1.06. The van der Waals surface area contributed by atoms with Crippen molar-refractivity contribution in [3.63, 3.8) is 0 Å². The fourth-order valence-electron chi connectivity index (χ4n) is 2.66. The number of rotatable bonds is 7. The van der Waals surface area contributed by atoms with Crippen molar-refractivity contribution in [1.29, 1.82) is 0 Å². The first-order valence-corrected chi connectivity index (χ1v) is 13.4. The maximum atomic E-state index is 6.10. The van der Waals surface area contributed by atoms with Crippen LogP contribution in [-0.2, 0) is 17.8 Å². The summed E-state index contributed by atoms with van der Waals surface area (Å²) < 4.78 is 12.1. The molecule has 0 fully saturated rings. The van der Waals surface area contributed by atoms with Gasteiger partial charge in [-0.1, -0.05) is 19.9 Å². The maximum absolute atomic E-state index is 6.10. The lowest BCUT2D eigenvalue weighted by Gasteiger charge is -2.36. The number of halogens is 3. The zero-order valence-corrected chi connectivity index (χ0v) is 17.3. The van der Waals surface area contributed by atoms with Crippen LogP contribution in [0.5, 0.6) is 5.75 Å². The molecule has 2 nitrogen and oxygen atoms in total. The topological polar surface area (TPSA) is 18.5 Å². The molecule has 1 aliphatic heterocycles. The third-order valence-corrected chi connectivity index (χ3v) is 6.71.